The average Bonchev–Trinajstić information content (AvgIpc) is 2.34. The van der Waals surface area contributed by atoms with Crippen LogP contribution in [0, 0.1) is 0 Å². The molecule has 0 amide bonds. The molecule has 0 saturated heterocycles. The molecule has 0 aliphatic rings. The van der Waals surface area contributed by atoms with Crippen molar-refractivity contribution in [3.8, 4) is 5.75 Å². The molecule has 1 N–H and O–H groups in total. The first-order valence-electron chi connectivity index (χ1n) is 6.43. The third-order valence-electron chi connectivity index (χ3n) is 3.16. The molecule has 0 spiro atoms. The Bertz CT molecular complexity index is 331. The van der Waals surface area contributed by atoms with Crippen molar-refractivity contribution in [2.75, 3.05) is 7.11 Å². The lowest BCUT2D eigenvalue weighted by Crippen LogP contribution is -2.24. The summed E-state index contributed by atoms with van der Waals surface area (Å²) in [5.74, 6) is 0.885. The minimum atomic E-state index is -0.543. The Balaban J connectivity index is 2.48. The Labute approximate surface area is 105 Å². The number of ether oxygens (including phenoxy) is 1. The van der Waals surface area contributed by atoms with E-state index < -0.39 is 5.60 Å². The zero-order chi connectivity index (χ0) is 12.7. The fourth-order valence-corrected chi connectivity index (χ4v) is 1.92. The Morgan fingerprint density at radius 3 is 2.71 bits per heavy atom. The first-order chi connectivity index (χ1) is 8.07. The second kappa shape index (κ2) is 6.65. The van der Waals surface area contributed by atoms with E-state index in [9.17, 15) is 5.11 Å². The van der Waals surface area contributed by atoms with Gasteiger partial charge in [0.2, 0.25) is 0 Å². The third-order valence-corrected chi connectivity index (χ3v) is 3.16. The molecule has 1 atom stereocenters. The summed E-state index contributed by atoms with van der Waals surface area (Å²) in [7, 11) is 1.68. The van der Waals surface area contributed by atoms with Gasteiger partial charge in [0, 0.05) is 0 Å². The van der Waals surface area contributed by atoms with Gasteiger partial charge in [-0.15, -0.1) is 0 Å². The first-order valence-corrected chi connectivity index (χ1v) is 6.43. The monoisotopic (exact) mass is 236 g/mol. The number of hydrogen-bond acceptors (Lipinski definition) is 2. The van der Waals surface area contributed by atoms with Crippen LogP contribution >= 0.6 is 0 Å². The zero-order valence-electron chi connectivity index (χ0n) is 11.2. The van der Waals surface area contributed by atoms with Crippen LogP contribution < -0.4 is 4.74 Å². The van der Waals surface area contributed by atoms with Crippen LogP contribution in [-0.4, -0.2) is 17.8 Å². The highest BCUT2D eigenvalue weighted by Gasteiger charge is 2.19. The van der Waals surface area contributed by atoms with Crippen molar-refractivity contribution in [3.63, 3.8) is 0 Å². The molecule has 1 aromatic carbocycles. The van der Waals surface area contributed by atoms with Crippen LogP contribution in [0.5, 0.6) is 5.75 Å². The normalized spacial score (nSPS) is 14.4. The minimum absolute atomic E-state index is 0.543. The number of aliphatic hydroxyl groups is 1. The molecule has 96 valence electrons. The quantitative estimate of drug-likeness (QED) is 0.784. The molecule has 2 heteroatoms. The topological polar surface area (TPSA) is 29.5 Å². The Morgan fingerprint density at radius 2 is 2.06 bits per heavy atom. The molecule has 1 unspecified atom stereocenters. The van der Waals surface area contributed by atoms with Crippen LogP contribution in [0.25, 0.3) is 0 Å². The fraction of sp³-hybridized carbons (Fsp3) is 0.600. The number of aryl methyl sites for hydroxylation is 1. The standard InChI is InChI=1S/C15H24O2/c1-4-5-10-15(2,16)11-9-13-7-6-8-14(12-13)17-3/h6-8,12,16H,4-5,9-11H2,1-3H3. The highest BCUT2D eigenvalue weighted by molar-refractivity contribution is 5.28. The average molecular weight is 236 g/mol. The lowest BCUT2D eigenvalue weighted by atomic mass is 9.92. The maximum absolute atomic E-state index is 10.2. The van der Waals surface area contributed by atoms with E-state index in [0.29, 0.717) is 0 Å². The van der Waals surface area contributed by atoms with Gasteiger partial charge in [-0.25, -0.2) is 0 Å². The molecule has 0 saturated carbocycles. The first kappa shape index (κ1) is 14.0. The van der Waals surface area contributed by atoms with Crippen LogP contribution in [0.2, 0.25) is 0 Å². The van der Waals surface area contributed by atoms with Gasteiger partial charge < -0.3 is 9.84 Å². The van der Waals surface area contributed by atoms with Crippen LogP contribution in [0.15, 0.2) is 24.3 Å². The molecular weight excluding hydrogens is 212 g/mol. The summed E-state index contributed by atoms with van der Waals surface area (Å²) in [6, 6.07) is 8.06. The number of unbranched alkanes of at least 4 members (excludes halogenated alkanes) is 1. The number of methoxy groups -OCH3 is 1. The Hall–Kier alpha value is -1.02. The van der Waals surface area contributed by atoms with Crippen molar-refractivity contribution >= 4 is 0 Å². The van der Waals surface area contributed by atoms with Gasteiger partial charge in [-0.1, -0.05) is 31.9 Å². The molecular formula is C15H24O2. The molecule has 0 aliphatic carbocycles. The second-order valence-electron chi connectivity index (χ2n) is 4.95. The predicted octanol–water partition coefficient (Wildman–Crippen LogP) is 3.57. The molecule has 0 aliphatic heterocycles. The molecule has 0 bridgehead atoms. The van der Waals surface area contributed by atoms with Gasteiger partial charge >= 0.3 is 0 Å². The van der Waals surface area contributed by atoms with Crippen molar-refractivity contribution < 1.29 is 9.84 Å². The summed E-state index contributed by atoms with van der Waals surface area (Å²) in [6.45, 7) is 4.08. The molecule has 0 radical (unpaired) electrons. The van der Waals surface area contributed by atoms with E-state index in [4.69, 9.17) is 4.74 Å². The van der Waals surface area contributed by atoms with Crippen LogP contribution in [0.1, 0.15) is 45.1 Å². The summed E-state index contributed by atoms with van der Waals surface area (Å²) in [4.78, 5) is 0. The molecule has 0 fully saturated rings. The summed E-state index contributed by atoms with van der Waals surface area (Å²) in [5, 5.41) is 10.2. The van der Waals surface area contributed by atoms with Gasteiger partial charge in [-0.3, -0.25) is 0 Å². The van der Waals surface area contributed by atoms with Crippen molar-refractivity contribution in [2.45, 2.75) is 51.6 Å². The van der Waals surface area contributed by atoms with E-state index >= 15 is 0 Å². The van der Waals surface area contributed by atoms with E-state index in [1.165, 1.54) is 5.56 Å². The zero-order valence-corrected chi connectivity index (χ0v) is 11.2. The largest absolute Gasteiger partial charge is 0.497 e. The van der Waals surface area contributed by atoms with Crippen molar-refractivity contribution in [2.24, 2.45) is 0 Å². The second-order valence-corrected chi connectivity index (χ2v) is 4.95. The minimum Gasteiger partial charge on any atom is -0.497 e. The van der Waals surface area contributed by atoms with Gasteiger partial charge in [0.1, 0.15) is 5.75 Å². The van der Waals surface area contributed by atoms with E-state index in [2.05, 4.69) is 13.0 Å². The molecule has 1 rings (SSSR count). The lowest BCUT2D eigenvalue weighted by molar-refractivity contribution is 0.0401. The maximum Gasteiger partial charge on any atom is 0.119 e. The highest BCUT2D eigenvalue weighted by Crippen LogP contribution is 2.22. The SMILES string of the molecule is CCCCC(C)(O)CCc1cccc(OC)c1. The smallest absolute Gasteiger partial charge is 0.119 e. The highest BCUT2D eigenvalue weighted by atomic mass is 16.5. The lowest BCUT2D eigenvalue weighted by Gasteiger charge is -2.23. The van der Waals surface area contributed by atoms with E-state index in [1.807, 2.05) is 25.1 Å². The molecule has 2 nitrogen and oxygen atoms in total. The van der Waals surface area contributed by atoms with Crippen LogP contribution in [0.4, 0.5) is 0 Å². The van der Waals surface area contributed by atoms with Crippen molar-refractivity contribution in [3.05, 3.63) is 29.8 Å². The Kier molecular flexibility index (Phi) is 5.49. The molecule has 1 aromatic rings. The number of rotatable bonds is 7. The van der Waals surface area contributed by atoms with Crippen molar-refractivity contribution in [1.29, 1.82) is 0 Å². The van der Waals surface area contributed by atoms with Gasteiger partial charge in [-0.05, 0) is 43.9 Å². The van der Waals surface area contributed by atoms with Gasteiger partial charge in [0.15, 0.2) is 0 Å². The third kappa shape index (κ3) is 5.22. The fourth-order valence-electron chi connectivity index (χ4n) is 1.92. The van der Waals surface area contributed by atoms with E-state index in [-0.39, 0.29) is 0 Å². The summed E-state index contributed by atoms with van der Waals surface area (Å²) in [6.07, 6.45) is 4.81. The molecule has 0 aromatic heterocycles. The van der Waals surface area contributed by atoms with Gasteiger partial charge in [0.25, 0.3) is 0 Å². The number of benzene rings is 1. The van der Waals surface area contributed by atoms with Crippen LogP contribution in [0.3, 0.4) is 0 Å². The predicted molar refractivity (Wildman–Crippen MR) is 71.5 cm³/mol. The van der Waals surface area contributed by atoms with E-state index in [1.54, 1.807) is 7.11 Å². The molecule has 17 heavy (non-hydrogen) atoms. The van der Waals surface area contributed by atoms with Gasteiger partial charge in [0.05, 0.1) is 12.7 Å². The Morgan fingerprint density at radius 1 is 1.29 bits per heavy atom. The van der Waals surface area contributed by atoms with Crippen molar-refractivity contribution in [1.82, 2.24) is 0 Å². The summed E-state index contributed by atoms with van der Waals surface area (Å²) < 4.78 is 5.19. The molecule has 0 heterocycles. The van der Waals surface area contributed by atoms with Crippen LogP contribution in [-0.2, 0) is 6.42 Å². The van der Waals surface area contributed by atoms with E-state index in [0.717, 1.165) is 37.9 Å². The van der Waals surface area contributed by atoms with Gasteiger partial charge in [-0.2, -0.15) is 0 Å². The summed E-state index contributed by atoms with van der Waals surface area (Å²) in [5.41, 5.74) is 0.681. The summed E-state index contributed by atoms with van der Waals surface area (Å²) >= 11 is 0. The maximum atomic E-state index is 10.2. The number of hydrogen-bond donors (Lipinski definition) is 1.